The normalized spacial score (nSPS) is 10.4. The maximum atomic E-state index is 13.6. The number of hydrogen-bond donors (Lipinski definition) is 1. The highest BCUT2D eigenvalue weighted by Gasteiger charge is 2.19. The molecule has 0 radical (unpaired) electrons. The minimum atomic E-state index is -0.993. The van der Waals surface area contributed by atoms with Crippen molar-refractivity contribution in [3.05, 3.63) is 62.3 Å². The second kappa shape index (κ2) is 5.97. The molecule has 0 bridgehead atoms. The van der Waals surface area contributed by atoms with Gasteiger partial charge in [-0.05, 0) is 46.3 Å². The molecule has 0 aliphatic rings. The van der Waals surface area contributed by atoms with Crippen molar-refractivity contribution >= 4 is 43.5 Å². The highest BCUT2D eigenvalue weighted by molar-refractivity contribution is 9.10. The predicted octanol–water partition coefficient (Wildman–Crippen LogP) is 4.88. The number of carbonyl (C=O) groups excluding carboxylic acids is 1. The summed E-state index contributed by atoms with van der Waals surface area (Å²) in [5, 5.41) is 2.31. The van der Waals surface area contributed by atoms with Crippen LogP contribution in [0.5, 0.6) is 0 Å². The van der Waals surface area contributed by atoms with Crippen molar-refractivity contribution < 1.29 is 18.0 Å². The smallest absolute Gasteiger partial charge is 0.261 e. The van der Waals surface area contributed by atoms with Gasteiger partial charge in [0.1, 0.15) is 23.0 Å². The minimum Gasteiger partial charge on any atom is -0.321 e. The lowest BCUT2D eigenvalue weighted by Gasteiger charge is -2.09. The van der Waals surface area contributed by atoms with E-state index in [1.54, 1.807) is 0 Å². The van der Waals surface area contributed by atoms with E-state index < -0.39 is 28.9 Å². The summed E-state index contributed by atoms with van der Waals surface area (Å²) in [5.41, 5.74) is -0.498. The van der Waals surface area contributed by atoms with Crippen LogP contribution in [-0.2, 0) is 0 Å². The summed E-state index contributed by atoms with van der Waals surface area (Å²) in [6.45, 7) is 0. The van der Waals surface area contributed by atoms with E-state index in [-0.39, 0.29) is 14.6 Å². The van der Waals surface area contributed by atoms with Gasteiger partial charge < -0.3 is 5.32 Å². The van der Waals surface area contributed by atoms with Crippen molar-refractivity contribution in [2.75, 3.05) is 5.32 Å². The van der Waals surface area contributed by atoms with Gasteiger partial charge >= 0.3 is 0 Å². The average molecular weight is 409 g/mol. The molecule has 0 saturated carbocycles. The van der Waals surface area contributed by atoms with Gasteiger partial charge in [0.05, 0.1) is 5.69 Å². The van der Waals surface area contributed by atoms with Crippen LogP contribution in [0.4, 0.5) is 18.9 Å². The van der Waals surface area contributed by atoms with Crippen LogP contribution >= 0.6 is 31.9 Å². The maximum absolute atomic E-state index is 13.6. The van der Waals surface area contributed by atoms with Gasteiger partial charge in [-0.2, -0.15) is 0 Å². The maximum Gasteiger partial charge on any atom is 0.261 e. The van der Waals surface area contributed by atoms with Gasteiger partial charge in [-0.3, -0.25) is 4.79 Å². The van der Waals surface area contributed by atoms with Crippen molar-refractivity contribution in [2.24, 2.45) is 0 Å². The number of nitrogens with one attached hydrogen (secondary N) is 1. The Morgan fingerprint density at radius 3 is 2.15 bits per heavy atom. The van der Waals surface area contributed by atoms with Crippen LogP contribution in [-0.4, -0.2) is 5.91 Å². The lowest BCUT2D eigenvalue weighted by molar-refractivity contribution is 0.101. The molecular weight excluding hydrogens is 403 g/mol. The van der Waals surface area contributed by atoms with Gasteiger partial charge in [0, 0.05) is 8.95 Å². The first-order valence-corrected chi connectivity index (χ1v) is 6.88. The van der Waals surface area contributed by atoms with E-state index in [4.69, 9.17) is 0 Å². The Bertz CT molecular complexity index is 668. The predicted molar refractivity (Wildman–Crippen MR) is 76.1 cm³/mol. The van der Waals surface area contributed by atoms with Crippen LogP contribution in [0, 0.1) is 17.5 Å². The summed E-state index contributed by atoms with van der Waals surface area (Å²) in [6.07, 6.45) is 0. The largest absolute Gasteiger partial charge is 0.321 e. The van der Waals surface area contributed by atoms with Crippen LogP contribution < -0.4 is 5.32 Å². The Morgan fingerprint density at radius 2 is 1.60 bits per heavy atom. The highest BCUT2D eigenvalue weighted by Crippen LogP contribution is 2.25. The number of anilines is 1. The number of rotatable bonds is 2. The molecule has 2 aromatic rings. The number of amides is 1. The molecule has 0 aliphatic heterocycles. The molecule has 7 heteroatoms. The molecule has 0 unspecified atom stereocenters. The molecule has 1 N–H and O–H groups in total. The zero-order valence-electron chi connectivity index (χ0n) is 9.68. The van der Waals surface area contributed by atoms with Crippen molar-refractivity contribution in [3.63, 3.8) is 0 Å². The van der Waals surface area contributed by atoms with Crippen molar-refractivity contribution in [3.8, 4) is 0 Å². The zero-order chi connectivity index (χ0) is 14.9. The van der Waals surface area contributed by atoms with Gasteiger partial charge in [-0.25, -0.2) is 13.2 Å². The molecule has 20 heavy (non-hydrogen) atoms. The standard InChI is InChI=1S/C13H6Br2F3NO/c14-6-3-9(17)12(10(18)4-6)13(20)19-11-2-1-7(16)5-8(11)15/h1-5H,(H,19,20). The molecule has 2 aromatic carbocycles. The van der Waals surface area contributed by atoms with Crippen molar-refractivity contribution in [1.82, 2.24) is 0 Å². The highest BCUT2D eigenvalue weighted by atomic mass is 79.9. The first-order chi connectivity index (χ1) is 9.38. The van der Waals surface area contributed by atoms with Gasteiger partial charge in [0.25, 0.3) is 5.91 Å². The molecular formula is C13H6Br2F3NO. The molecule has 0 fully saturated rings. The first kappa shape index (κ1) is 15.1. The Morgan fingerprint density at radius 1 is 1.00 bits per heavy atom. The number of benzene rings is 2. The molecule has 104 valence electrons. The van der Waals surface area contributed by atoms with Gasteiger partial charge in [-0.15, -0.1) is 0 Å². The molecule has 0 atom stereocenters. The molecule has 0 heterocycles. The van der Waals surface area contributed by atoms with Crippen LogP contribution in [0.15, 0.2) is 39.3 Å². The number of halogens is 5. The van der Waals surface area contributed by atoms with Crippen molar-refractivity contribution in [1.29, 1.82) is 0 Å². The summed E-state index contributed by atoms with van der Waals surface area (Å²) in [4.78, 5) is 11.9. The summed E-state index contributed by atoms with van der Waals surface area (Å²) in [5.74, 6) is -3.45. The summed E-state index contributed by atoms with van der Waals surface area (Å²) >= 11 is 5.97. The van der Waals surface area contributed by atoms with Crippen LogP contribution in [0.25, 0.3) is 0 Å². The zero-order valence-corrected chi connectivity index (χ0v) is 12.9. The summed E-state index contributed by atoms with van der Waals surface area (Å²) < 4.78 is 40.6. The van der Waals surface area contributed by atoms with Crippen LogP contribution in [0.3, 0.4) is 0 Å². The molecule has 1 amide bonds. The summed E-state index contributed by atoms with van der Waals surface area (Å²) in [6, 6.07) is 5.50. The first-order valence-electron chi connectivity index (χ1n) is 5.29. The van der Waals surface area contributed by atoms with Crippen molar-refractivity contribution in [2.45, 2.75) is 0 Å². The Labute approximate surface area is 129 Å². The summed E-state index contributed by atoms with van der Waals surface area (Å²) in [7, 11) is 0. The third-order valence-electron chi connectivity index (χ3n) is 2.41. The third-order valence-corrected chi connectivity index (χ3v) is 3.53. The minimum absolute atomic E-state index is 0.187. The second-order valence-electron chi connectivity index (χ2n) is 3.82. The van der Waals surface area contributed by atoms with Crippen LogP contribution in [0.1, 0.15) is 10.4 Å². The lowest BCUT2D eigenvalue weighted by Crippen LogP contribution is -2.16. The van der Waals surface area contributed by atoms with Gasteiger partial charge in [0.2, 0.25) is 0 Å². The SMILES string of the molecule is O=C(Nc1ccc(F)cc1Br)c1c(F)cc(Br)cc1F. The topological polar surface area (TPSA) is 29.1 Å². The average Bonchev–Trinajstić information content (AvgIpc) is 2.31. The van der Waals surface area contributed by atoms with Crippen LogP contribution in [0.2, 0.25) is 0 Å². The molecule has 2 nitrogen and oxygen atoms in total. The fourth-order valence-corrected chi connectivity index (χ4v) is 2.39. The van der Waals surface area contributed by atoms with E-state index >= 15 is 0 Å². The number of carbonyl (C=O) groups is 1. The van der Waals surface area contributed by atoms with E-state index in [2.05, 4.69) is 37.2 Å². The Hall–Kier alpha value is -1.34. The molecule has 0 spiro atoms. The second-order valence-corrected chi connectivity index (χ2v) is 5.59. The monoisotopic (exact) mass is 407 g/mol. The number of hydrogen-bond acceptors (Lipinski definition) is 1. The third kappa shape index (κ3) is 3.21. The molecule has 0 aromatic heterocycles. The van der Waals surface area contributed by atoms with E-state index in [1.165, 1.54) is 6.07 Å². The molecule has 2 rings (SSSR count). The van der Waals surface area contributed by atoms with E-state index in [1.807, 2.05) is 0 Å². The quantitative estimate of drug-likeness (QED) is 0.753. The fraction of sp³-hybridized carbons (Fsp3) is 0. The van der Waals surface area contributed by atoms with Gasteiger partial charge in [-0.1, -0.05) is 15.9 Å². The fourth-order valence-electron chi connectivity index (χ4n) is 1.53. The molecule has 0 aliphatic carbocycles. The Balaban J connectivity index is 2.33. The van der Waals surface area contributed by atoms with Gasteiger partial charge in [0.15, 0.2) is 0 Å². The van der Waals surface area contributed by atoms with E-state index in [0.29, 0.717) is 0 Å². The van der Waals surface area contributed by atoms with E-state index in [9.17, 15) is 18.0 Å². The lowest BCUT2D eigenvalue weighted by atomic mass is 10.1. The van der Waals surface area contributed by atoms with E-state index in [0.717, 1.165) is 24.3 Å². The molecule has 0 saturated heterocycles. The Kier molecular flexibility index (Phi) is 4.49.